The summed E-state index contributed by atoms with van der Waals surface area (Å²) in [5.41, 5.74) is 1.05. The van der Waals surface area contributed by atoms with Gasteiger partial charge in [0, 0.05) is 20.5 Å². The molecule has 0 saturated heterocycles. The summed E-state index contributed by atoms with van der Waals surface area (Å²) in [5.74, 6) is -0.561. The molecule has 1 aliphatic heterocycles. The van der Waals surface area contributed by atoms with E-state index in [1.165, 1.54) is 4.90 Å². The molecule has 2 rings (SSSR count). The van der Waals surface area contributed by atoms with Crippen molar-refractivity contribution in [3.05, 3.63) is 30.3 Å². The largest absolute Gasteiger partial charge is 0.461 e. The molecule has 0 saturated carbocycles. The summed E-state index contributed by atoms with van der Waals surface area (Å²) in [7, 11) is 3.38. The molecule has 21 heavy (non-hydrogen) atoms. The van der Waals surface area contributed by atoms with E-state index in [1.54, 1.807) is 26.0 Å². The third-order valence-corrected chi connectivity index (χ3v) is 3.17. The number of amides is 1. The van der Waals surface area contributed by atoms with E-state index in [4.69, 9.17) is 4.74 Å². The zero-order chi connectivity index (χ0) is 15.4. The standard InChI is InChI=1S/C15H19N3O3/c1-4-21-15(20)12-10-13(14(19)17(2)3)18(16-12)11-8-6-5-7-9-11/h5-9,13H,4,10H2,1-3H3. The number of rotatable bonds is 4. The van der Waals surface area contributed by atoms with E-state index in [1.807, 2.05) is 30.3 Å². The third-order valence-electron chi connectivity index (χ3n) is 3.17. The van der Waals surface area contributed by atoms with Gasteiger partial charge in [0.25, 0.3) is 0 Å². The van der Waals surface area contributed by atoms with Gasteiger partial charge in [0.05, 0.1) is 12.3 Å². The van der Waals surface area contributed by atoms with Crippen molar-refractivity contribution < 1.29 is 14.3 Å². The molecule has 0 N–H and O–H groups in total. The number of hydrazone groups is 1. The smallest absolute Gasteiger partial charge is 0.354 e. The maximum atomic E-state index is 12.3. The van der Waals surface area contributed by atoms with Crippen molar-refractivity contribution in [3.8, 4) is 0 Å². The van der Waals surface area contributed by atoms with E-state index >= 15 is 0 Å². The summed E-state index contributed by atoms with van der Waals surface area (Å²) in [6.45, 7) is 2.03. The summed E-state index contributed by atoms with van der Waals surface area (Å²) in [5, 5.41) is 5.88. The quantitative estimate of drug-likeness (QED) is 0.783. The van der Waals surface area contributed by atoms with Gasteiger partial charge in [-0.05, 0) is 19.1 Å². The molecule has 1 atom stereocenters. The highest BCUT2D eigenvalue weighted by Crippen LogP contribution is 2.25. The number of para-hydroxylation sites is 1. The molecule has 0 radical (unpaired) electrons. The van der Waals surface area contributed by atoms with Crippen molar-refractivity contribution in [1.29, 1.82) is 0 Å². The summed E-state index contributed by atoms with van der Waals surface area (Å²) in [6, 6.07) is 8.82. The van der Waals surface area contributed by atoms with Gasteiger partial charge in [-0.3, -0.25) is 9.80 Å². The highest BCUT2D eigenvalue weighted by molar-refractivity contribution is 6.38. The molecule has 1 aromatic rings. The third kappa shape index (κ3) is 3.21. The normalized spacial score (nSPS) is 17.4. The van der Waals surface area contributed by atoms with Gasteiger partial charge in [0.1, 0.15) is 11.8 Å². The van der Waals surface area contributed by atoms with Gasteiger partial charge in [-0.1, -0.05) is 18.2 Å². The second-order valence-corrected chi connectivity index (χ2v) is 4.90. The van der Waals surface area contributed by atoms with Gasteiger partial charge in [-0.15, -0.1) is 0 Å². The number of likely N-dealkylation sites (N-methyl/N-ethyl adjacent to an activating group) is 1. The lowest BCUT2D eigenvalue weighted by atomic mass is 10.1. The Morgan fingerprint density at radius 3 is 2.57 bits per heavy atom. The summed E-state index contributed by atoms with van der Waals surface area (Å²) in [4.78, 5) is 25.7. The van der Waals surface area contributed by atoms with Crippen molar-refractivity contribution in [2.75, 3.05) is 25.7 Å². The van der Waals surface area contributed by atoms with Gasteiger partial charge >= 0.3 is 5.97 Å². The maximum absolute atomic E-state index is 12.3. The fourth-order valence-electron chi connectivity index (χ4n) is 2.16. The number of hydrogen-bond donors (Lipinski definition) is 0. The predicted octanol–water partition coefficient (Wildman–Crippen LogP) is 1.27. The number of carbonyl (C=O) groups is 2. The Hall–Kier alpha value is -2.37. The first-order valence-electron chi connectivity index (χ1n) is 6.84. The van der Waals surface area contributed by atoms with Crippen LogP contribution in [0.15, 0.2) is 35.4 Å². The molecule has 0 fully saturated rings. The number of carbonyl (C=O) groups excluding carboxylic acids is 2. The highest BCUT2D eigenvalue weighted by atomic mass is 16.5. The molecule has 1 aromatic carbocycles. The molecule has 0 aliphatic carbocycles. The SMILES string of the molecule is CCOC(=O)C1=NN(c2ccccc2)C(C(=O)N(C)C)C1. The molecule has 0 spiro atoms. The van der Waals surface area contributed by atoms with Crippen molar-refractivity contribution in [3.63, 3.8) is 0 Å². The number of ether oxygens (including phenoxy) is 1. The summed E-state index contributed by atoms with van der Waals surface area (Å²) < 4.78 is 4.98. The molecule has 6 nitrogen and oxygen atoms in total. The number of anilines is 1. The lowest BCUT2D eigenvalue weighted by Gasteiger charge is -2.25. The van der Waals surface area contributed by atoms with Crippen molar-refractivity contribution in [2.45, 2.75) is 19.4 Å². The second-order valence-electron chi connectivity index (χ2n) is 4.90. The van der Waals surface area contributed by atoms with E-state index in [-0.39, 0.29) is 24.6 Å². The molecule has 1 unspecified atom stereocenters. The minimum absolute atomic E-state index is 0.0955. The van der Waals surface area contributed by atoms with Crippen LogP contribution in [-0.2, 0) is 14.3 Å². The first-order chi connectivity index (χ1) is 10.0. The van der Waals surface area contributed by atoms with Crippen LogP contribution in [0.25, 0.3) is 0 Å². The molecular weight excluding hydrogens is 270 g/mol. The van der Waals surface area contributed by atoms with Crippen molar-refractivity contribution in [1.82, 2.24) is 4.90 Å². The summed E-state index contributed by atoms with van der Waals surface area (Å²) in [6.07, 6.45) is 0.255. The topological polar surface area (TPSA) is 62.2 Å². The van der Waals surface area contributed by atoms with Gasteiger partial charge in [-0.25, -0.2) is 4.79 Å². The van der Waals surface area contributed by atoms with Gasteiger partial charge in [-0.2, -0.15) is 5.10 Å². The molecule has 0 bridgehead atoms. The van der Waals surface area contributed by atoms with E-state index in [0.29, 0.717) is 0 Å². The maximum Gasteiger partial charge on any atom is 0.354 e. The van der Waals surface area contributed by atoms with Crippen LogP contribution in [0.3, 0.4) is 0 Å². The van der Waals surface area contributed by atoms with E-state index in [0.717, 1.165) is 5.69 Å². The minimum atomic E-state index is -0.512. The van der Waals surface area contributed by atoms with Crippen molar-refractivity contribution >= 4 is 23.3 Å². The predicted molar refractivity (Wildman–Crippen MR) is 80.1 cm³/mol. The fourth-order valence-corrected chi connectivity index (χ4v) is 2.16. The van der Waals surface area contributed by atoms with Crippen LogP contribution in [0.1, 0.15) is 13.3 Å². The van der Waals surface area contributed by atoms with Crippen LogP contribution in [0, 0.1) is 0 Å². The molecule has 6 heteroatoms. The Kier molecular flexibility index (Phi) is 4.57. The number of hydrogen-bond acceptors (Lipinski definition) is 5. The first-order valence-corrected chi connectivity index (χ1v) is 6.84. The van der Waals surface area contributed by atoms with Crippen LogP contribution in [-0.4, -0.2) is 49.2 Å². The molecule has 0 aromatic heterocycles. The Labute approximate surface area is 124 Å². The Balaban J connectivity index is 2.30. The van der Waals surface area contributed by atoms with Gasteiger partial charge < -0.3 is 9.64 Å². The summed E-state index contributed by atoms with van der Waals surface area (Å²) >= 11 is 0. The van der Waals surface area contributed by atoms with Crippen LogP contribution >= 0.6 is 0 Å². The molecule has 1 aliphatic rings. The Morgan fingerprint density at radius 1 is 1.33 bits per heavy atom. The molecule has 1 amide bonds. The van der Waals surface area contributed by atoms with Crippen molar-refractivity contribution in [2.24, 2.45) is 5.10 Å². The number of benzene rings is 1. The average Bonchev–Trinajstić information content (AvgIpc) is 2.92. The van der Waals surface area contributed by atoms with Crippen LogP contribution in [0.5, 0.6) is 0 Å². The van der Waals surface area contributed by atoms with Gasteiger partial charge in [0.15, 0.2) is 0 Å². The zero-order valence-electron chi connectivity index (χ0n) is 12.4. The molecular formula is C15H19N3O3. The van der Waals surface area contributed by atoms with E-state index in [2.05, 4.69) is 5.10 Å². The van der Waals surface area contributed by atoms with E-state index in [9.17, 15) is 9.59 Å². The second kappa shape index (κ2) is 6.39. The Morgan fingerprint density at radius 2 is 2.00 bits per heavy atom. The first kappa shape index (κ1) is 15.0. The van der Waals surface area contributed by atoms with Crippen LogP contribution in [0.4, 0.5) is 5.69 Å². The Bertz CT molecular complexity index is 555. The average molecular weight is 289 g/mol. The minimum Gasteiger partial charge on any atom is -0.461 e. The highest BCUT2D eigenvalue weighted by Gasteiger charge is 2.37. The molecule has 112 valence electrons. The zero-order valence-corrected chi connectivity index (χ0v) is 12.4. The number of nitrogens with zero attached hydrogens (tertiary/aromatic N) is 3. The van der Waals surface area contributed by atoms with Gasteiger partial charge in [0.2, 0.25) is 5.91 Å². The lowest BCUT2D eigenvalue weighted by Crippen LogP contribution is -2.42. The lowest BCUT2D eigenvalue weighted by molar-refractivity contribution is -0.135. The fraction of sp³-hybridized carbons (Fsp3) is 0.400. The monoisotopic (exact) mass is 289 g/mol. The van der Waals surface area contributed by atoms with Crippen LogP contribution in [0.2, 0.25) is 0 Å². The van der Waals surface area contributed by atoms with Crippen LogP contribution < -0.4 is 5.01 Å². The molecule has 1 heterocycles. The van der Waals surface area contributed by atoms with E-state index < -0.39 is 12.0 Å². The number of esters is 1.